The zero-order chi connectivity index (χ0) is 39.3. The van der Waals surface area contributed by atoms with Gasteiger partial charge >= 0.3 is 0 Å². The van der Waals surface area contributed by atoms with Crippen molar-refractivity contribution in [2.45, 2.75) is 18.8 Å². The molecule has 0 fully saturated rings. The van der Waals surface area contributed by atoms with E-state index in [0.717, 1.165) is 46.1 Å². The first kappa shape index (κ1) is 34.9. The van der Waals surface area contributed by atoms with Crippen molar-refractivity contribution in [3.05, 3.63) is 246 Å². The molecule has 1 unspecified atom stereocenters. The summed E-state index contributed by atoms with van der Waals surface area (Å²) in [5, 5.41) is 0. The van der Waals surface area contributed by atoms with E-state index in [1.807, 2.05) is 0 Å². The Balaban J connectivity index is 1.18. The Hall–Kier alpha value is -7.36. The lowest BCUT2D eigenvalue weighted by molar-refractivity contribution is 0.434. The van der Waals surface area contributed by atoms with Crippen molar-refractivity contribution in [3.63, 3.8) is 0 Å². The number of allylic oxidation sites excluding steroid dienone is 4. The predicted octanol–water partition coefficient (Wildman–Crippen LogP) is 14.9. The minimum Gasteiger partial charge on any atom is -0.457 e. The summed E-state index contributed by atoms with van der Waals surface area (Å²) in [5.74, 6) is 2.19. The molecule has 2 heterocycles. The van der Waals surface area contributed by atoms with Gasteiger partial charge in [-0.15, -0.1) is 0 Å². The van der Waals surface area contributed by atoms with Crippen LogP contribution in [0.4, 0.5) is 28.4 Å². The fourth-order valence-corrected chi connectivity index (χ4v) is 9.61. The largest absolute Gasteiger partial charge is 0.457 e. The lowest BCUT2D eigenvalue weighted by Crippen LogP contribution is -2.41. The van der Waals surface area contributed by atoms with Gasteiger partial charge in [-0.2, -0.15) is 0 Å². The normalized spacial score (nSPS) is 15.6. The lowest BCUT2D eigenvalue weighted by Gasteiger charge is -2.49. The van der Waals surface area contributed by atoms with Gasteiger partial charge in [0.05, 0.1) is 16.8 Å². The molecule has 1 aliphatic carbocycles. The monoisotopic (exact) mass is 758 g/mol. The molecule has 0 bridgehead atoms. The highest BCUT2D eigenvalue weighted by atomic mass is 16.5. The van der Waals surface area contributed by atoms with Crippen LogP contribution >= 0.6 is 0 Å². The molecule has 1 atom stereocenters. The van der Waals surface area contributed by atoms with Gasteiger partial charge in [0.25, 0.3) is 0 Å². The van der Waals surface area contributed by atoms with E-state index in [1.54, 1.807) is 0 Å². The van der Waals surface area contributed by atoms with E-state index < -0.39 is 5.41 Å². The van der Waals surface area contributed by atoms with Gasteiger partial charge in [0.15, 0.2) is 0 Å². The zero-order valence-electron chi connectivity index (χ0n) is 32.9. The number of benzene rings is 8. The minimum atomic E-state index is -0.666. The molecule has 3 heteroatoms. The Morgan fingerprint density at radius 3 is 1.53 bits per heavy atom. The quantitative estimate of drug-likeness (QED) is 0.168. The van der Waals surface area contributed by atoms with Gasteiger partial charge in [-0.25, -0.2) is 0 Å². The van der Waals surface area contributed by atoms with Crippen molar-refractivity contribution in [1.82, 2.24) is 0 Å². The van der Waals surface area contributed by atoms with Crippen molar-refractivity contribution in [3.8, 4) is 33.8 Å². The maximum atomic E-state index is 6.76. The van der Waals surface area contributed by atoms with E-state index in [-0.39, 0.29) is 0 Å². The maximum Gasteiger partial charge on any atom is 0.132 e. The molecule has 282 valence electrons. The average Bonchev–Trinajstić information content (AvgIpc) is 3.30. The first-order valence-electron chi connectivity index (χ1n) is 20.6. The Bertz CT molecular complexity index is 2760. The van der Waals surface area contributed by atoms with Crippen LogP contribution in [0.1, 0.15) is 35.6 Å². The van der Waals surface area contributed by atoms with Crippen LogP contribution in [0.5, 0.6) is 11.5 Å². The molecular weight excluding hydrogens is 717 g/mol. The fraction of sp³-hybridized carbons (Fsp3) is 0.0714. The van der Waals surface area contributed by atoms with E-state index in [4.69, 9.17) is 4.74 Å². The molecular formula is C56H42N2O. The maximum absolute atomic E-state index is 6.76. The van der Waals surface area contributed by atoms with Gasteiger partial charge in [0.1, 0.15) is 11.5 Å². The minimum absolute atomic E-state index is 0.429. The molecule has 0 saturated heterocycles. The van der Waals surface area contributed by atoms with E-state index in [9.17, 15) is 0 Å². The number of rotatable bonds is 6. The number of ether oxygens (including phenoxy) is 1. The second-order valence-electron chi connectivity index (χ2n) is 15.8. The van der Waals surface area contributed by atoms with Gasteiger partial charge in [-0.1, -0.05) is 159 Å². The molecule has 0 saturated carbocycles. The summed E-state index contributed by atoms with van der Waals surface area (Å²) < 4.78 is 6.76. The Morgan fingerprint density at radius 2 is 0.949 bits per heavy atom. The van der Waals surface area contributed by atoms with Crippen LogP contribution < -0.4 is 14.5 Å². The van der Waals surface area contributed by atoms with Crippen LogP contribution in [0.15, 0.2) is 224 Å². The smallest absolute Gasteiger partial charge is 0.132 e. The van der Waals surface area contributed by atoms with Crippen LogP contribution in [-0.4, -0.2) is 0 Å². The van der Waals surface area contributed by atoms with Gasteiger partial charge < -0.3 is 14.5 Å². The molecule has 1 spiro atoms. The van der Waals surface area contributed by atoms with Crippen molar-refractivity contribution >= 4 is 28.4 Å². The molecule has 8 aromatic carbocycles. The SMILES string of the molecule is CC1C=CC=C(N2c3ccccc3C3(c4ccccc4Oc4ccccc43)c3cc(N(c4ccc(-c5ccccc5)cc4)c4ccc(-c5ccccc5)cc4)ccc32)C1. The first-order chi connectivity index (χ1) is 29.2. The van der Waals surface area contributed by atoms with Crippen molar-refractivity contribution in [2.75, 3.05) is 9.80 Å². The van der Waals surface area contributed by atoms with Crippen LogP contribution in [0.2, 0.25) is 0 Å². The fourth-order valence-electron chi connectivity index (χ4n) is 9.61. The van der Waals surface area contributed by atoms with Gasteiger partial charge in [-0.3, -0.25) is 0 Å². The number of hydrogen-bond donors (Lipinski definition) is 0. The molecule has 0 radical (unpaired) electrons. The molecule has 0 aromatic heterocycles. The molecule has 0 amide bonds. The highest BCUT2D eigenvalue weighted by Gasteiger charge is 2.51. The van der Waals surface area contributed by atoms with E-state index in [1.165, 1.54) is 50.5 Å². The van der Waals surface area contributed by atoms with Crippen LogP contribution in [0.25, 0.3) is 22.3 Å². The second kappa shape index (κ2) is 14.2. The standard InChI is InChI=1S/C56H42N2O/c1-39-15-14-20-46(37-39)58-52-24-11-8-21-48(52)56(49-22-9-12-25-54(49)59-55-26-13-10-23-50(55)56)51-38-47(35-36-53(51)58)57(44-31-27-42(28-32-44)40-16-4-2-5-17-40)45-33-29-43(30-34-45)41-18-6-3-7-19-41/h2-36,38-39H,37H2,1H3. The number of anilines is 5. The van der Waals surface area contributed by atoms with E-state index in [2.05, 4.69) is 235 Å². The summed E-state index contributed by atoms with van der Waals surface area (Å²) >= 11 is 0. The molecule has 59 heavy (non-hydrogen) atoms. The molecule has 3 aliphatic rings. The molecule has 3 nitrogen and oxygen atoms in total. The van der Waals surface area contributed by atoms with E-state index >= 15 is 0 Å². The van der Waals surface area contributed by atoms with E-state index in [0.29, 0.717) is 5.92 Å². The highest BCUT2D eigenvalue weighted by molar-refractivity contribution is 5.91. The van der Waals surface area contributed by atoms with Crippen LogP contribution in [-0.2, 0) is 5.41 Å². The Morgan fingerprint density at radius 1 is 0.475 bits per heavy atom. The third-order valence-electron chi connectivity index (χ3n) is 12.2. The highest BCUT2D eigenvalue weighted by Crippen LogP contribution is 2.63. The lowest BCUT2D eigenvalue weighted by atomic mass is 9.61. The summed E-state index contributed by atoms with van der Waals surface area (Å²) in [6.45, 7) is 2.31. The predicted molar refractivity (Wildman–Crippen MR) is 244 cm³/mol. The molecule has 11 rings (SSSR count). The van der Waals surface area contributed by atoms with Crippen molar-refractivity contribution < 1.29 is 4.74 Å². The van der Waals surface area contributed by atoms with Gasteiger partial charge in [-0.05, 0) is 112 Å². The van der Waals surface area contributed by atoms with Gasteiger partial charge in [0.2, 0.25) is 0 Å². The zero-order valence-corrected chi connectivity index (χ0v) is 32.9. The Kier molecular flexibility index (Phi) is 8.41. The number of fused-ring (bicyclic) bond motifs is 8. The first-order valence-corrected chi connectivity index (χ1v) is 20.6. The summed E-state index contributed by atoms with van der Waals surface area (Å²) in [7, 11) is 0. The van der Waals surface area contributed by atoms with Crippen molar-refractivity contribution in [1.29, 1.82) is 0 Å². The summed E-state index contributed by atoms with van der Waals surface area (Å²) in [6.07, 6.45) is 7.78. The van der Waals surface area contributed by atoms with Crippen LogP contribution in [0, 0.1) is 5.92 Å². The third-order valence-corrected chi connectivity index (χ3v) is 12.2. The number of nitrogens with zero attached hydrogens (tertiary/aromatic N) is 2. The number of hydrogen-bond acceptors (Lipinski definition) is 3. The average molecular weight is 759 g/mol. The van der Waals surface area contributed by atoms with Crippen molar-refractivity contribution in [2.24, 2.45) is 5.92 Å². The molecule has 2 aliphatic heterocycles. The second-order valence-corrected chi connectivity index (χ2v) is 15.8. The topological polar surface area (TPSA) is 15.7 Å². The summed E-state index contributed by atoms with van der Waals surface area (Å²) in [6, 6.07) is 72.6. The summed E-state index contributed by atoms with van der Waals surface area (Å²) in [5.41, 5.74) is 15.7. The van der Waals surface area contributed by atoms with Gasteiger partial charge in [0, 0.05) is 33.9 Å². The molecule has 0 N–H and O–H groups in total. The summed E-state index contributed by atoms with van der Waals surface area (Å²) in [4.78, 5) is 4.93. The number of para-hydroxylation sites is 3. The Labute approximate surface area is 346 Å². The third kappa shape index (κ3) is 5.73. The van der Waals surface area contributed by atoms with Crippen LogP contribution in [0.3, 0.4) is 0 Å². The molecule has 8 aromatic rings.